The lowest BCUT2D eigenvalue weighted by atomic mass is 9.81. The molecule has 2 aliphatic rings. The van der Waals surface area contributed by atoms with Crippen LogP contribution in [0.5, 0.6) is 0 Å². The monoisotopic (exact) mass is 1300 g/mol. The van der Waals surface area contributed by atoms with E-state index in [4.69, 9.17) is 0 Å². The molecule has 0 amide bonds. The van der Waals surface area contributed by atoms with Gasteiger partial charge >= 0.3 is 0 Å². The number of fused-ring (bicyclic) bond motifs is 25. The van der Waals surface area contributed by atoms with E-state index in [0.717, 1.165) is 17.1 Å². The highest BCUT2D eigenvalue weighted by Crippen LogP contribution is 2.53. The van der Waals surface area contributed by atoms with Crippen molar-refractivity contribution in [1.29, 1.82) is 0 Å². The molecule has 4 aromatic heterocycles. The normalized spacial score (nSPS) is 13.5. The molecule has 2 aliphatic carbocycles. The number of benzene rings is 16. The van der Waals surface area contributed by atoms with E-state index in [0.29, 0.717) is 0 Å². The van der Waals surface area contributed by atoms with Crippen molar-refractivity contribution in [3.63, 3.8) is 0 Å². The summed E-state index contributed by atoms with van der Waals surface area (Å²) in [4.78, 5) is 0. The van der Waals surface area contributed by atoms with Crippen molar-refractivity contribution in [2.24, 2.45) is 0 Å². The molecule has 16 aromatic carbocycles. The molecule has 0 aliphatic heterocycles. The molecule has 0 bridgehead atoms. The van der Waals surface area contributed by atoms with Gasteiger partial charge in [0.2, 0.25) is 0 Å². The molecule has 4 heteroatoms. The van der Waals surface area contributed by atoms with Crippen LogP contribution in [-0.2, 0) is 10.8 Å². The van der Waals surface area contributed by atoms with E-state index in [9.17, 15) is 0 Å². The van der Waals surface area contributed by atoms with Crippen LogP contribution in [0.3, 0.4) is 0 Å². The topological polar surface area (TPSA) is 19.7 Å². The molecule has 4 nitrogen and oxygen atoms in total. The summed E-state index contributed by atoms with van der Waals surface area (Å²) in [7, 11) is 0. The van der Waals surface area contributed by atoms with Crippen molar-refractivity contribution in [3.05, 3.63) is 362 Å². The highest BCUT2D eigenvalue weighted by molar-refractivity contribution is 6.37. The fourth-order valence-corrected chi connectivity index (χ4v) is 18.3. The van der Waals surface area contributed by atoms with Crippen LogP contribution in [0, 0.1) is 0 Å². The molecule has 0 atom stereocenters. The summed E-state index contributed by atoms with van der Waals surface area (Å²) in [5.74, 6) is 0. The average molecular weight is 1300 g/mol. The molecule has 0 radical (unpaired) electrons. The van der Waals surface area contributed by atoms with Crippen LogP contribution in [0.2, 0.25) is 0 Å². The maximum Gasteiger partial charge on any atom is 0.0789 e. The lowest BCUT2D eigenvalue weighted by Crippen LogP contribution is -2.14. The second-order valence-corrected chi connectivity index (χ2v) is 29.1. The number of aromatic nitrogens is 4. The summed E-state index contributed by atoms with van der Waals surface area (Å²) in [6.45, 7) is 9.39. The molecule has 4 heterocycles. The van der Waals surface area contributed by atoms with Gasteiger partial charge in [-0.25, -0.2) is 0 Å². The van der Waals surface area contributed by atoms with Gasteiger partial charge in [0.25, 0.3) is 0 Å². The van der Waals surface area contributed by atoms with E-state index in [-0.39, 0.29) is 10.8 Å². The van der Waals surface area contributed by atoms with Crippen LogP contribution < -0.4 is 0 Å². The highest BCUT2D eigenvalue weighted by Gasteiger charge is 2.37. The third kappa shape index (κ3) is 8.26. The molecule has 22 rings (SSSR count). The van der Waals surface area contributed by atoms with Crippen LogP contribution in [0.1, 0.15) is 49.9 Å². The van der Waals surface area contributed by atoms with Gasteiger partial charge in [-0.1, -0.05) is 282 Å². The standard InChI is InChI=1S/2C49H34N2/c1-49(2)41-21-11-8-16-35(41)36-29-26-32(30-42(36)49)31-24-27-34(28-25-31)50-44-23-13-10-20-40(44)46-47(50)38-18-7-6-17-37(38)45-39-19-9-12-22-43(39)51(48(45)46)33-14-4-3-5-15-33;1-49(2)42-18-10-8-16-37(42)41-30-33(22-28-43(41)49)31-20-24-35(25-21-31)51-45-29-23-32-12-6-7-15-36(32)46(45)40-27-26-39-38-17-9-11-19-44(38)50(47(39)48(40)51)34-13-4-3-5-14-34/h2*3-30H,1-2H3. The maximum absolute atomic E-state index is 2.50. The molecular weight excluding hydrogens is 1230 g/mol. The Labute approximate surface area is 591 Å². The number of hydrogen-bond donors (Lipinski definition) is 0. The molecule has 0 spiro atoms. The van der Waals surface area contributed by atoms with Crippen molar-refractivity contribution >= 4 is 109 Å². The third-order valence-electron chi connectivity index (χ3n) is 23.0. The van der Waals surface area contributed by atoms with Crippen molar-refractivity contribution in [3.8, 4) is 67.3 Å². The van der Waals surface area contributed by atoms with Gasteiger partial charge in [0, 0.05) is 82.1 Å². The lowest BCUT2D eigenvalue weighted by molar-refractivity contribution is 0.660. The molecular formula is C98H68N4. The van der Waals surface area contributed by atoms with Crippen molar-refractivity contribution in [2.45, 2.75) is 38.5 Å². The Morgan fingerprint density at radius 3 is 1.25 bits per heavy atom. The zero-order valence-corrected chi connectivity index (χ0v) is 57.1. The third-order valence-corrected chi connectivity index (χ3v) is 23.0. The van der Waals surface area contributed by atoms with E-state index in [2.05, 4.69) is 386 Å². The molecule has 20 aromatic rings. The molecule has 0 fully saturated rings. The summed E-state index contributed by atoms with van der Waals surface area (Å²) in [5.41, 5.74) is 30.4. The van der Waals surface area contributed by atoms with Crippen molar-refractivity contribution in [1.82, 2.24) is 18.3 Å². The second-order valence-electron chi connectivity index (χ2n) is 29.1. The van der Waals surface area contributed by atoms with E-state index in [1.165, 1.54) is 181 Å². The Morgan fingerprint density at radius 1 is 0.196 bits per heavy atom. The fourth-order valence-electron chi connectivity index (χ4n) is 18.3. The summed E-state index contributed by atoms with van der Waals surface area (Å²) in [5, 5.41) is 15.3. The minimum Gasteiger partial charge on any atom is -0.309 e. The molecule has 0 N–H and O–H groups in total. The Hall–Kier alpha value is -12.8. The van der Waals surface area contributed by atoms with E-state index in [1.807, 2.05) is 0 Å². The number of para-hydroxylation sites is 5. The smallest absolute Gasteiger partial charge is 0.0789 e. The summed E-state index contributed by atoms with van der Waals surface area (Å²) >= 11 is 0. The first kappa shape index (κ1) is 58.2. The van der Waals surface area contributed by atoms with Crippen LogP contribution in [0.4, 0.5) is 0 Å². The lowest BCUT2D eigenvalue weighted by Gasteiger charge is -2.22. The average Bonchev–Trinajstić information content (AvgIpc) is 1.53. The Balaban J connectivity index is 0.000000133. The van der Waals surface area contributed by atoms with Crippen LogP contribution in [0.15, 0.2) is 340 Å². The Kier molecular flexibility index (Phi) is 12.5. The highest BCUT2D eigenvalue weighted by atomic mass is 15.0. The predicted octanol–water partition coefficient (Wildman–Crippen LogP) is 26.0. The van der Waals surface area contributed by atoms with Gasteiger partial charge in [-0.05, 0) is 168 Å². The quantitative estimate of drug-likeness (QED) is 0.158. The first-order chi connectivity index (χ1) is 50.2. The first-order valence-electron chi connectivity index (χ1n) is 35.7. The number of rotatable bonds is 6. The maximum atomic E-state index is 2.50. The molecule has 0 saturated heterocycles. The first-order valence-corrected chi connectivity index (χ1v) is 35.7. The molecule has 0 unspecified atom stereocenters. The Bertz CT molecular complexity index is 6890. The summed E-state index contributed by atoms with van der Waals surface area (Å²) in [6, 6.07) is 126. The summed E-state index contributed by atoms with van der Waals surface area (Å²) < 4.78 is 9.93. The van der Waals surface area contributed by atoms with Crippen LogP contribution in [-0.4, -0.2) is 18.3 Å². The van der Waals surface area contributed by atoms with E-state index < -0.39 is 0 Å². The van der Waals surface area contributed by atoms with Gasteiger partial charge in [-0.15, -0.1) is 0 Å². The fraction of sp³-hybridized carbons (Fsp3) is 0.0612. The largest absolute Gasteiger partial charge is 0.309 e. The van der Waals surface area contributed by atoms with Gasteiger partial charge in [-0.2, -0.15) is 0 Å². The number of nitrogens with zero attached hydrogens (tertiary/aromatic N) is 4. The van der Waals surface area contributed by atoms with Gasteiger partial charge < -0.3 is 18.3 Å². The second kappa shape index (κ2) is 21.9. The number of hydrogen-bond acceptors (Lipinski definition) is 0. The van der Waals surface area contributed by atoms with Crippen molar-refractivity contribution in [2.75, 3.05) is 0 Å². The Morgan fingerprint density at radius 2 is 0.598 bits per heavy atom. The van der Waals surface area contributed by atoms with Gasteiger partial charge in [-0.3, -0.25) is 0 Å². The minimum absolute atomic E-state index is 0.00255. The van der Waals surface area contributed by atoms with Gasteiger partial charge in [0.05, 0.1) is 44.1 Å². The van der Waals surface area contributed by atoms with Crippen molar-refractivity contribution < 1.29 is 0 Å². The molecule has 0 saturated carbocycles. The van der Waals surface area contributed by atoms with E-state index in [1.54, 1.807) is 0 Å². The summed E-state index contributed by atoms with van der Waals surface area (Å²) in [6.07, 6.45) is 0. The van der Waals surface area contributed by atoms with Gasteiger partial charge in [0.1, 0.15) is 0 Å². The van der Waals surface area contributed by atoms with Crippen LogP contribution in [0.25, 0.3) is 176 Å². The minimum atomic E-state index is -0.0283. The van der Waals surface area contributed by atoms with Gasteiger partial charge in [0.15, 0.2) is 0 Å². The molecule has 480 valence electrons. The zero-order chi connectivity index (χ0) is 67.7. The van der Waals surface area contributed by atoms with E-state index >= 15 is 0 Å². The van der Waals surface area contributed by atoms with Crippen LogP contribution >= 0.6 is 0 Å². The molecule has 102 heavy (non-hydrogen) atoms. The SMILES string of the molecule is CC1(C)c2ccccc2-c2cc(-c3ccc(-n4c5ccc6ccccc6c5c5ccc6c7ccccc7n(-c7ccccc7)c6c54)cc3)ccc21.CC1(C)c2ccccc2-c2ccc(-c3ccc(-n4c5ccccc5c5c4c4ccccc4c4c6ccccc6n(-c6ccccc6)c45)cc3)cc21. The predicted molar refractivity (Wildman–Crippen MR) is 431 cm³/mol. The zero-order valence-electron chi connectivity index (χ0n) is 57.1.